The Morgan fingerprint density at radius 1 is 0.800 bits per heavy atom. The molecule has 0 fully saturated rings. The monoisotopic (exact) mass is 359 g/mol. The smallest absolute Gasteiger partial charge is 0.270 e. The average Bonchev–Trinajstić information content (AvgIpc) is 2.55. The zero-order valence-corrected chi connectivity index (χ0v) is 16.8. The van der Waals surface area contributed by atoms with Gasteiger partial charge in [0.2, 0.25) is 0 Å². The van der Waals surface area contributed by atoms with E-state index in [0.717, 1.165) is 11.1 Å². The van der Waals surface area contributed by atoms with Gasteiger partial charge in [0.15, 0.2) is 0 Å². The van der Waals surface area contributed by atoms with Crippen LogP contribution in [0.1, 0.15) is 31.9 Å². The van der Waals surface area contributed by atoms with Gasteiger partial charge in [-0.2, -0.15) is 0 Å². The first-order valence-electron chi connectivity index (χ1n) is 8.61. The molecule has 4 nitrogen and oxygen atoms in total. The third-order valence-electron chi connectivity index (χ3n) is 3.92. The molecular weight excluding hydrogens is 329 g/mol. The highest BCUT2D eigenvalue weighted by Crippen LogP contribution is 2.50. The lowest BCUT2D eigenvalue weighted by atomic mass is 10.1. The van der Waals surface area contributed by atoms with E-state index in [-0.39, 0.29) is 5.54 Å². The SMILES string of the molecule is CN(Cc1ccccc1)P(=O)(NC(C)(C)C)N(C)Cc1ccccc1. The van der Waals surface area contributed by atoms with Crippen LogP contribution in [-0.2, 0) is 17.7 Å². The third kappa shape index (κ3) is 5.79. The number of nitrogens with zero attached hydrogens (tertiary/aromatic N) is 2. The van der Waals surface area contributed by atoms with E-state index in [9.17, 15) is 4.57 Å². The minimum absolute atomic E-state index is 0.259. The predicted molar refractivity (Wildman–Crippen MR) is 106 cm³/mol. The van der Waals surface area contributed by atoms with Crippen molar-refractivity contribution in [3.8, 4) is 0 Å². The molecule has 0 saturated carbocycles. The Morgan fingerprint density at radius 3 is 1.48 bits per heavy atom. The molecule has 0 aliphatic heterocycles. The van der Waals surface area contributed by atoms with Crippen molar-refractivity contribution in [1.29, 1.82) is 0 Å². The zero-order valence-electron chi connectivity index (χ0n) is 15.9. The highest BCUT2D eigenvalue weighted by Gasteiger charge is 2.36. The molecule has 0 aliphatic rings. The number of nitrogens with one attached hydrogen (secondary N) is 1. The standard InChI is InChI=1S/C20H30N3OP/c1-20(2,3)21-25(24,22(4)16-18-12-8-6-9-13-18)23(5)17-19-14-10-7-11-15-19/h6-15H,16-17H2,1-5H3,(H,21,24). The molecule has 0 amide bonds. The number of rotatable bonds is 7. The number of hydrogen-bond acceptors (Lipinski definition) is 1. The van der Waals surface area contributed by atoms with Gasteiger partial charge in [-0.1, -0.05) is 60.7 Å². The summed E-state index contributed by atoms with van der Waals surface area (Å²) < 4.78 is 17.9. The van der Waals surface area contributed by atoms with Gasteiger partial charge in [-0.3, -0.25) is 4.57 Å². The fourth-order valence-corrected chi connectivity index (χ4v) is 5.20. The Balaban J connectivity index is 2.24. The average molecular weight is 359 g/mol. The molecule has 2 aromatic carbocycles. The Morgan fingerprint density at radius 2 is 1.16 bits per heavy atom. The lowest BCUT2D eigenvalue weighted by Crippen LogP contribution is -2.43. The maximum Gasteiger partial charge on any atom is 0.284 e. The fourth-order valence-electron chi connectivity index (χ4n) is 2.76. The van der Waals surface area contributed by atoms with Crippen molar-refractivity contribution < 1.29 is 4.57 Å². The Bertz CT molecular complexity index is 646. The van der Waals surface area contributed by atoms with Crippen LogP contribution in [0.5, 0.6) is 0 Å². The molecule has 1 N–H and O–H groups in total. The first kappa shape index (κ1) is 19.9. The molecule has 0 aromatic heterocycles. The molecule has 0 bridgehead atoms. The summed E-state index contributed by atoms with van der Waals surface area (Å²) >= 11 is 0. The minimum atomic E-state index is -2.94. The second-order valence-electron chi connectivity index (χ2n) is 7.51. The maximum atomic E-state index is 14.0. The molecule has 0 radical (unpaired) electrons. The largest absolute Gasteiger partial charge is 0.284 e. The molecule has 2 aromatic rings. The van der Waals surface area contributed by atoms with Gasteiger partial charge in [-0.25, -0.2) is 14.4 Å². The Hall–Kier alpha value is -1.45. The van der Waals surface area contributed by atoms with Crippen molar-refractivity contribution in [3.63, 3.8) is 0 Å². The highest BCUT2D eigenvalue weighted by atomic mass is 31.2. The number of hydrogen-bond donors (Lipinski definition) is 1. The molecule has 5 heteroatoms. The number of benzene rings is 2. The van der Waals surface area contributed by atoms with Gasteiger partial charge in [-0.05, 0) is 46.0 Å². The second-order valence-corrected chi connectivity index (χ2v) is 10.2. The van der Waals surface area contributed by atoms with Crippen LogP contribution >= 0.6 is 7.59 Å². The van der Waals surface area contributed by atoms with E-state index in [1.807, 2.05) is 80.6 Å². The van der Waals surface area contributed by atoms with Crippen LogP contribution in [0.4, 0.5) is 0 Å². The molecule has 0 aliphatic carbocycles. The van der Waals surface area contributed by atoms with Gasteiger partial charge in [0.1, 0.15) is 0 Å². The molecule has 0 heterocycles. The maximum absolute atomic E-state index is 14.0. The minimum Gasteiger partial charge on any atom is -0.270 e. The summed E-state index contributed by atoms with van der Waals surface area (Å²) in [5.74, 6) is 0. The van der Waals surface area contributed by atoms with Gasteiger partial charge >= 0.3 is 0 Å². The van der Waals surface area contributed by atoms with Crippen molar-refractivity contribution >= 4 is 7.59 Å². The molecule has 0 saturated heterocycles. The van der Waals surface area contributed by atoms with Gasteiger partial charge in [0.05, 0.1) is 0 Å². The van der Waals surface area contributed by atoms with Crippen LogP contribution in [0, 0.1) is 0 Å². The van der Waals surface area contributed by atoms with E-state index in [0.29, 0.717) is 13.1 Å². The zero-order chi connectivity index (χ0) is 18.5. The molecule has 25 heavy (non-hydrogen) atoms. The summed E-state index contributed by atoms with van der Waals surface area (Å²) in [6.07, 6.45) is 0. The van der Waals surface area contributed by atoms with Crippen LogP contribution in [0.15, 0.2) is 60.7 Å². The van der Waals surface area contributed by atoms with E-state index in [1.165, 1.54) is 0 Å². The summed E-state index contributed by atoms with van der Waals surface area (Å²) in [6, 6.07) is 20.3. The Labute approximate surface area is 152 Å². The lowest BCUT2D eigenvalue weighted by Gasteiger charge is -2.39. The van der Waals surface area contributed by atoms with Crippen LogP contribution in [0.25, 0.3) is 0 Å². The van der Waals surface area contributed by atoms with E-state index in [4.69, 9.17) is 0 Å². The van der Waals surface area contributed by atoms with Crippen molar-refractivity contribution in [2.24, 2.45) is 0 Å². The van der Waals surface area contributed by atoms with Crippen molar-refractivity contribution in [2.75, 3.05) is 14.1 Å². The summed E-state index contributed by atoms with van der Waals surface area (Å²) in [5.41, 5.74) is 2.04. The first-order chi connectivity index (χ1) is 11.7. The molecule has 0 unspecified atom stereocenters. The summed E-state index contributed by atoms with van der Waals surface area (Å²) in [7, 11) is 0.912. The third-order valence-corrected chi connectivity index (χ3v) is 7.01. The van der Waals surface area contributed by atoms with E-state index in [1.54, 1.807) is 0 Å². The quantitative estimate of drug-likeness (QED) is 0.724. The van der Waals surface area contributed by atoms with Crippen LogP contribution in [-0.4, -0.2) is 29.0 Å². The van der Waals surface area contributed by atoms with Crippen LogP contribution in [0.3, 0.4) is 0 Å². The van der Waals surface area contributed by atoms with Crippen molar-refractivity contribution in [1.82, 2.24) is 14.4 Å². The Kier molecular flexibility index (Phi) is 6.59. The van der Waals surface area contributed by atoms with Crippen molar-refractivity contribution in [2.45, 2.75) is 39.4 Å². The van der Waals surface area contributed by atoms with Crippen LogP contribution < -0.4 is 5.09 Å². The van der Waals surface area contributed by atoms with E-state index in [2.05, 4.69) is 29.4 Å². The predicted octanol–water partition coefficient (Wildman–Crippen LogP) is 4.75. The molecule has 0 atom stereocenters. The van der Waals surface area contributed by atoms with E-state index >= 15 is 0 Å². The van der Waals surface area contributed by atoms with Gasteiger partial charge < -0.3 is 0 Å². The normalized spacial score (nSPS) is 12.8. The molecule has 136 valence electrons. The highest BCUT2D eigenvalue weighted by molar-refractivity contribution is 7.56. The van der Waals surface area contributed by atoms with Crippen molar-refractivity contribution in [3.05, 3.63) is 71.8 Å². The summed E-state index contributed by atoms with van der Waals surface area (Å²) in [4.78, 5) is 0. The van der Waals surface area contributed by atoms with E-state index < -0.39 is 7.59 Å². The topological polar surface area (TPSA) is 35.6 Å². The first-order valence-corrected chi connectivity index (χ1v) is 10.2. The van der Waals surface area contributed by atoms with Gasteiger partial charge in [0.25, 0.3) is 7.59 Å². The van der Waals surface area contributed by atoms with Crippen LogP contribution in [0.2, 0.25) is 0 Å². The lowest BCUT2D eigenvalue weighted by molar-refractivity contribution is 0.347. The molecular formula is C20H30N3OP. The van der Waals surface area contributed by atoms with Gasteiger partial charge in [0, 0.05) is 18.6 Å². The summed E-state index contributed by atoms with van der Waals surface area (Å²) in [5, 5.41) is 3.38. The fraction of sp³-hybridized carbons (Fsp3) is 0.400. The summed E-state index contributed by atoms with van der Waals surface area (Å²) in [6.45, 7) is 7.39. The molecule has 2 rings (SSSR count). The second kappa shape index (κ2) is 8.29. The molecule has 0 spiro atoms. The van der Waals surface area contributed by atoms with Gasteiger partial charge in [-0.15, -0.1) is 0 Å².